The lowest BCUT2D eigenvalue weighted by molar-refractivity contribution is -0.254. The summed E-state index contributed by atoms with van der Waals surface area (Å²) < 4.78 is 34.7. The summed E-state index contributed by atoms with van der Waals surface area (Å²) in [5, 5.41) is 11.8. The number of benzene rings is 1. The van der Waals surface area contributed by atoms with E-state index >= 15 is 0 Å². The van der Waals surface area contributed by atoms with Gasteiger partial charge in [0.2, 0.25) is 0 Å². The van der Waals surface area contributed by atoms with Crippen LogP contribution in [0.5, 0.6) is 0 Å². The summed E-state index contributed by atoms with van der Waals surface area (Å²) in [5.74, 6) is -0.354. The van der Waals surface area contributed by atoms with Crippen molar-refractivity contribution < 1.29 is 27.9 Å². The first-order chi connectivity index (χ1) is 18.9. The Balaban J connectivity index is 2.11. The van der Waals surface area contributed by atoms with Gasteiger partial charge in [0.25, 0.3) is 0 Å². The van der Waals surface area contributed by atoms with Crippen molar-refractivity contribution in [1.29, 1.82) is 0 Å². The van der Waals surface area contributed by atoms with E-state index in [0.717, 1.165) is 5.56 Å². The second-order valence-electron chi connectivity index (χ2n) is 17.2. The Morgan fingerprint density at radius 1 is 0.762 bits per heavy atom. The van der Waals surface area contributed by atoms with E-state index in [1.807, 2.05) is 30.3 Å². The second-order valence-corrected chi connectivity index (χ2v) is 31.6. The summed E-state index contributed by atoms with van der Waals surface area (Å²) in [4.78, 5) is 0. The van der Waals surface area contributed by atoms with E-state index in [1.54, 1.807) is 0 Å². The lowest BCUT2D eigenvalue weighted by Gasteiger charge is -2.53. The Morgan fingerprint density at radius 3 is 1.71 bits per heavy atom. The molecule has 0 radical (unpaired) electrons. The number of rotatable bonds is 9. The van der Waals surface area contributed by atoms with Crippen molar-refractivity contribution in [2.45, 2.75) is 147 Å². The molecular weight excluding hydrogens is 577 g/mol. The Bertz CT molecular complexity index is 1020. The molecule has 0 aromatic heterocycles. The van der Waals surface area contributed by atoms with Crippen molar-refractivity contribution in [3.05, 3.63) is 35.9 Å². The average molecular weight is 639 g/mol. The molecule has 42 heavy (non-hydrogen) atoms. The molecule has 1 aromatic rings. The van der Waals surface area contributed by atoms with Crippen LogP contribution in [0.15, 0.2) is 30.3 Å². The van der Waals surface area contributed by atoms with E-state index in [-0.39, 0.29) is 45.3 Å². The number of hydrogen-bond acceptors (Lipinski definition) is 6. The zero-order valence-electron chi connectivity index (χ0n) is 29.3. The van der Waals surface area contributed by atoms with Gasteiger partial charge >= 0.3 is 0 Å². The largest absolute Gasteiger partial charge is 0.414 e. The van der Waals surface area contributed by atoms with Crippen LogP contribution in [-0.2, 0) is 22.8 Å². The van der Waals surface area contributed by atoms with Gasteiger partial charge in [-0.2, -0.15) is 0 Å². The molecule has 9 heteroatoms. The SMILES string of the molecule is CC(C)(C)[Si](C)(C)OC[C@H]1O[C@H]2OC[C@@H]([C@H](O)c3ccccc3)[C@H]2[C@@H](O[Si](C)(C)C(C)(C)C)[C@@H]1O[Si](C)(C)C(C)(C)C. The quantitative estimate of drug-likeness (QED) is 0.274. The molecule has 0 spiro atoms. The molecule has 6 nitrogen and oxygen atoms in total. The molecule has 0 aliphatic carbocycles. The van der Waals surface area contributed by atoms with Gasteiger partial charge in [0, 0.05) is 11.8 Å². The first kappa shape index (κ1) is 36.1. The zero-order valence-corrected chi connectivity index (χ0v) is 32.3. The molecule has 2 fully saturated rings. The Hall–Kier alpha value is -0.369. The highest BCUT2D eigenvalue weighted by Crippen LogP contribution is 2.50. The van der Waals surface area contributed by atoms with E-state index < -0.39 is 37.3 Å². The van der Waals surface area contributed by atoms with Gasteiger partial charge < -0.3 is 27.9 Å². The van der Waals surface area contributed by atoms with Crippen molar-refractivity contribution in [2.24, 2.45) is 11.8 Å². The molecule has 242 valence electrons. The van der Waals surface area contributed by atoms with Gasteiger partial charge in [-0.1, -0.05) is 92.6 Å². The van der Waals surface area contributed by atoms with Gasteiger partial charge in [-0.3, -0.25) is 0 Å². The van der Waals surface area contributed by atoms with E-state index in [2.05, 4.69) is 102 Å². The minimum atomic E-state index is -2.27. The number of fused-ring (bicyclic) bond motifs is 1. The molecule has 3 rings (SSSR count). The third kappa shape index (κ3) is 7.70. The first-order valence-electron chi connectivity index (χ1n) is 15.9. The molecule has 2 aliphatic rings. The molecule has 1 aromatic carbocycles. The highest BCUT2D eigenvalue weighted by Gasteiger charge is 2.59. The Morgan fingerprint density at radius 2 is 1.24 bits per heavy atom. The van der Waals surface area contributed by atoms with Crippen molar-refractivity contribution in [1.82, 2.24) is 0 Å². The summed E-state index contributed by atoms with van der Waals surface area (Å²) in [6, 6.07) is 9.91. The highest BCUT2D eigenvalue weighted by molar-refractivity contribution is 6.75. The van der Waals surface area contributed by atoms with Crippen LogP contribution in [0.25, 0.3) is 0 Å². The van der Waals surface area contributed by atoms with Gasteiger partial charge in [0.1, 0.15) is 6.10 Å². The third-order valence-corrected chi connectivity index (χ3v) is 24.5. The van der Waals surface area contributed by atoms with Crippen LogP contribution in [0.1, 0.15) is 74.0 Å². The van der Waals surface area contributed by atoms with Gasteiger partial charge in [0.15, 0.2) is 31.2 Å². The van der Waals surface area contributed by atoms with Crippen molar-refractivity contribution >= 4 is 25.0 Å². The van der Waals surface area contributed by atoms with Crippen LogP contribution in [0.3, 0.4) is 0 Å². The van der Waals surface area contributed by atoms with E-state index in [4.69, 9.17) is 22.8 Å². The fourth-order valence-corrected chi connectivity index (χ4v) is 8.66. The van der Waals surface area contributed by atoms with Gasteiger partial charge in [-0.05, 0) is 60.0 Å². The van der Waals surface area contributed by atoms with E-state index in [9.17, 15) is 5.11 Å². The fraction of sp³-hybridized carbons (Fsp3) is 0.818. The number of hydrogen-bond donors (Lipinski definition) is 1. The molecular formula is C33H62O6Si3. The Kier molecular flexibility index (Phi) is 10.7. The lowest BCUT2D eigenvalue weighted by atomic mass is 9.79. The topological polar surface area (TPSA) is 66.4 Å². The third-order valence-electron chi connectivity index (χ3n) is 11.1. The predicted molar refractivity (Wildman–Crippen MR) is 180 cm³/mol. The van der Waals surface area contributed by atoms with Crippen LogP contribution >= 0.6 is 0 Å². The molecule has 0 saturated carbocycles. The van der Waals surface area contributed by atoms with Gasteiger partial charge in [-0.25, -0.2) is 0 Å². The number of aliphatic hydroxyl groups is 1. The zero-order chi connectivity index (χ0) is 32.1. The summed E-state index contributed by atoms with van der Waals surface area (Å²) >= 11 is 0. The number of ether oxygens (including phenoxy) is 2. The minimum Gasteiger partial charge on any atom is -0.414 e. The molecule has 2 aliphatic heterocycles. The fourth-order valence-electron chi connectivity index (χ4n) is 5.00. The summed E-state index contributed by atoms with van der Waals surface area (Å²) in [6.07, 6.45) is -2.15. The van der Waals surface area contributed by atoms with Crippen molar-refractivity contribution in [2.75, 3.05) is 13.2 Å². The van der Waals surface area contributed by atoms with E-state index in [0.29, 0.717) is 13.2 Å². The van der Waals surface area contributed by atoms with Gasteiger partial charge in [-0.15, -0.1) is 0 Å². The van der Waals surface area contributed by atoms with E-state index in [1.165, 1.54) is 0 Å². The van der Waals surface area contributed by atoms with Gasteiger partial charge in [0.05, 0.1) is 31.5 Å². The summed E-state index contributed by atoms with van der Waals surface area (Å²) in [6.45, 7) is 35.1. The average Bonchev–Trinajstić information content (AvgIpc) is 3.26. The van der Waals surface area contributed by atoms with Crippen LogP contribution < -0.4 is 0 Å². The highest BCUT2D eigenvalue weighted by atomic mass is 28.4. The monoisotopic (exact) mass is 638 g/mol. The molecule has 0 amide bonds. The van der Waals surface area contributed by atoms with Crippen LogP contribution in [0.4, 0.5) is 0 Å². The predicted octanol–water partition coefficient (Wildman–Crippen LogP) is 8.51. The Labute approximate surface area is 260 Å². The summed E-state index contributed by atoms with van der Waals surface area (Å²) in [5.41, 5.74) is 0.892. The molecule has 2 saturated heterocycles. The lowest BCUT2D eigenvalue weighted by Crippen LogP contribution is -2.64. The maximum absolute atomic E-state index is 11.7. The van der Waals surface area contributed by atoms with Crippen molar-refractivity contribution in [3.8, 4) is 0 Å². The van der Waals surface area contributed by atoms with Crippen LogP contribution in [0.2, 0.25) is 54.4 Å². The van der Waals surface area contributed by atoms with Crippen LogP contribution in [0, 0.1) is 11.8 Å². The maximum atomic E-state index is 11.7. The molecule has 0 unspecified atom stereocenters. The first-order valence-corrected chi connectivity index (χ1v) is 24.6. The molecule has 0 bridgehead atoms. The summed E-state index contributed by atoms with van der Waals surface area (Å²) in [7, 11) is -6.58. The maximum Gasteiger partial charge on any atom is 0.192 e. The van der Waals surface area contributed by atoms with Crippen molar-refractivity contribution in [3.63, 3.8) is 0 Å². The molecule has 7 atom stereocenters. The second kappa shape index (κ2) is 12.4. The number of aliphatic hydroxyl groups excluding tert-OH is 1. The standard InChI is InChI=1S/C33H62O6Si3/c1-31(2,3)40(10,11)36-22-25-28(38-41(12,13)32(4,5)6)29(39-42(14,15)33(7,8)9)26-24(21-35-30(26)37-25)27(34)23-19-17-16-18-20-23/h16-20,24-30,34H,21-22H2,1-15H3/t24-,25-,26+,27-,28-,29-,30-/m1/s1. The molecule has 2 heterocycles. The molecule has 1 N–H and O–H groups in total. The smallest absolute Gasteiger partial charge is 0.192 e. The minimum absolute atomic E-state index is 0.00245. The normalized spacial score (nSPS) is 29.0. The van der Waals surface area contributed by atoms with Crippen LogP contribution in [-0.4, -0.2) is 67.9 Å².